The fourth-order valence-electron chi connectivity index (χ4n) is 1.73. The van der Waals surface area contributed by atoms with Crippen LogP contribution in [0.25, 0.3) is 0 Å². The lowest BCUT2D eigenvalue weighted by Crippen LogP contribution is -2.43. The second kappa shape index (κ2) is 4.81. The minimum atomic E-state index is -0.495. The smallest absolute Gasteiger partial charge is 0.410 e. The fraction of sp³-hybridized carbons (Fsp3) is 0.818. The molecule has 17 heavy (non-hydrogen) atoms. The van der Waals surface area contributed by atoms with E-state index in [0.717, 1.165) is 6.42 Å². The van der Waals surface area contributed by atoms with Crippen LogP contribution in [0.2, 0.25) is 0 Å². The molecule has 2 N–H and O–H groups in total. The second-order valence-corrected chi connectivity index (χ2v) is 5.32. The summed E-state index contributed by atoms with van der Waals surface area (Å²) in [5.41, 5.74) is 4.70. The van der Waals surface area contributed by atoms with E-state index in [1.54, 1.807) is 11.9 Å². The van der Waals surface area contributed by atoms with Crippen molar-refractivity contribution in [3.8, 4) is 0 Å². The minimum Gasteiger partial charge on any atom is -0.444 e. The number of rotatable bonds is 1. The van der Waals surface area contributed by atoms with E-state index in [4.69, 9.17) is 10.5 Å². The Morgan fingerprint density at radius 2 is 2.00 bits per heavy atom. The summed E-state index contributed by atoms with van der Waals surface area (Å²) in [7, 11) is 1.64. The molecule has 0 saturated carbocycles. The van der Waals surface area contributed by atoms with Gasteiger partial charge in [0.1, 0.15) is 5.60 Å². The molecular weight excluding hydrogens is 222 g/mol. The molecule has 1 aliphatic rings. The van der Waals surface area contributed by atoms with Crippen molar-refractivity contribution < 1.29 is 14.3 Å². The standard InChI is InChI=1S/C11H21N3O3/c1-11(2,3)17-10(16)14-6-5-8(7-14)13(4)9(12)15/h8H,5-7H2,1-4H3,(H2,12,15). The molecular formula is C11H21N3O3. The normalized spacial score (nSPS) is 20.2. The number of primary amides is 1. The average Bonchev–Trinajstić information content (AvgIpc) is 2.62. The molecule has 0 aromatic carbocycles. The third-order valence-corrected chi connectivity index (χ3v) is 2.71. The molecule has 1 unspecified atom stereocenters. The molecule has 0 bridgehead atoms. The molecule has 0 spiro atoms. The SMILES string of the molecule is CN(C(N)=O)C1CCN(C(=O)OC(C)(C)C)C1. The van der Waals surface area contributed by atoms with Crippen molar-refractivity contribution in [1.82, 2.24) is 9.80 Å². The Labute approximate surface area is 102 Å². The summed E-state index contributed by atoms with van der Waals surface area (Å²) >= 11 is 0. The Hall–Kier alpha value is -1.46. The summed E-state index contributed by atoms with van der Waals surface area (Å²) in [4.78, 5) is 25.8. The van der Waals surface area contributed by atoms with Gasteiger partial charge in [-0.2, -0.15) is 0 Å². The van der Waals surface area contributed by atoms with Crippen LogP contribution < -0.4 is 5.73 Å². The van der Waals surface area contributed by atoms with Crippen LogP contribution in [0, 0.1) is 0 Å². The van der Waals surface area contributed by atoms with E-state index in [1.165, 1.54) is 4.90 Å². The Kier molecular flexibility index (Phi) is 3.85. The molecule has 6 nitrogen and oxygen atoms in total. The Morgan fingerprint density at radius 1 is 1.41 bits per heavy atom. The molecule has 1 rings (SSSR count). The van der Waals surface area contributed by atoms with Crippen molar-refractivity contribution in [2.45, 2.75) is 38.8 Å². The van der Waals surface area contributed by atoms with Gasteiger partial charge in [0.25, 0.3) is 0 Å². The quantitative estimate of drug-likeness (QED) is 0.746. The first-order valence-corrected chi connectivity index (χ1v) is 5.71. The molecule has 98 valence electrons. The molecule has 1 atom stereocenters. The molecule has 1 fully saturated rings. The van der Waals surface area contributed by atoms with Crippen molar-refractivity contribution in [2.75, 3.05) is 20.1 Å². The number of nitrogens with two attached hydrogens (primary N) is 1. The lowest BCUT2D eigenvalue weighted by atomic mass is 10.2. The van der Waals surface area contributed by atoms with Gasteiger partial charge in [-0.05, 0) is 27.2 Å². The van der Waals surface area contributed by atoms with E-state index in [9.17, 15) is 9.59 Å². The third-order valence-electron chi connectivity index (χ3n) is 2.71. The number of nitrogens with zero attached hydrogens (tertiary/aromatic N) is 2. The van der Waals surface area contributed by atoms with Crippen LogP contribution in [0.4, 0.5) is 9.59 Å². The number of hydrogen-bond donors (Lipinski definition) is 1. The van der Waals surface area contributed by atoms with Gasteiger partial charge in [-0.3, -0.25) is 0 Å². The van der Waals surface area contributed by atoms with E-state index >= 15 is 0 Å². The van der Waals surface area contributed by atoms with Crippen molar-refractivity contribution in [2.24, 2.45) is 5.73 Å². The van der Waals surface area contributed by atoms with Gasteiger partial charge in [0.2, 0.25) is 0 Å². The number of likely N-dealkylation sites (N-methyl/N-ethyl adjacent to an activating group) is 1. The van der Waals surface area contributed by atoms with Gasteiger partial charge in [0, 0.05) is 20.1 Å². The van der Waals surface area contributed by atoms with Crippen LogP contribution in [0.5, 0.6) is 0 Å². The van der Waals surface area contributed by atoms with E-state index < -0.39 is 11.6 Å². The van der Waals surface area contributed by atoms with Gasteiger partial charge in [-0.1, -0.05) is 0 Å². The summed E-state index contributed by atoms with van der Waals surface area (Å²) in [6, 6.07) is -0.485. The maximum absolute atomic E-state index is 11.8. The number of carbonyl (C=O) groups excluding carboxylic acids is 2. The van der Waals surface area contributed by atoms with Gasteiger partial charge in [-0.15, -0.1) is 0 Å². The zero-order valence-electron chi connectivity index (χ0n) is 10.9. The van der Waals surface area contributed by atoms with Crippen LogP contribution in [0.3, 0.4) is 0 Å². The van der Waals surface area contributed by atoms with E-state index in [0.29, 0.717) is 13.1 Å². The van der Waals surface area contributed by atoms with Crippen LogP contribution in [0.15, 0.2) is 0 Å². The molecule has 1 saturated heterocycles. The van der Waals surface area contributed by atoms with Gasteiger partial charge in [0.05, 0.1) is 6.04 Å². The number of carbonyl (C=O) groups is 2. The van der Waals surface area contributed by atoms with Crippen molar-refractivity contribution >= 4 is 12.1 Å². The van der Waals surface area contributed by atoms with Gasteiger partial charge in [-0.25, -0.2) is 9.59 Å². The number of urea groups is 1. The minimum absolute atomic E-state index is 0.0139. The lowest BCUT2D eigenvalue weighted by molar-refractivity contribution is 0.0285. The van der Waals surface area contributed by atoms with Gasteiger partial charge >= 0.3 is 12.1 Å². The summed E-state index contributed by atoms with van der Waals surface area (Å²) in [5, 5.41) is 0. The maximum atomic E-state index is 11.8. The monoisotopic (exact) mass is 243 g/mol. The van der Waals surface area contributed by atoms with Gasteiger partial charge in [0.15, 0.2) is 0 Å². The predicted molar refractivity (Wildman–Crippen MR) is 63.6 cm³/mol. The highest BCUT2D eigenvalue weighted by Crippen LogP contribution is 2.17. The lowest BCUT2D eigenvalue weighted by Gasteiger charge is -2.25. The zero-order valence-corrected chi connectivity index (χ0v) is 10.9. The highest BCUT2D eigenvalue weighted by Gasteiger charge is 2.32. The Morgan fingerprint density at radius 3 is 2.47 bits per heavy atom. The largest absolute Gasteiger partial charge is 0.444 e. The third kappa shape index (κ3) is 3.80. The van der Waals surface area contributed by atoms with Crippen LogP contribution in [-0.4, -0.2) is 53.7 Å². The number of amides is 3. The van der Waals surface area contributed by atoms with Crippen LogP contribution in [-0.2, 0) is 4.74 Å². The zero-order chi connectivity index (χ0) is 13.2. The van der Waals surface area contributed by atoms with Crippen LogP contribution >= 0.6 is 0 Å². The molecule has 0 aromatic rings. The summed E-state index contributed by atoms with van der Waals surface area (Å²) in [6.07, 6.45) is 0.399. The summed E-state index contributed by atoms with van der Waals surface area (Å²) in [6.45, 7) is 6.56. The molecule has 1 heterocycles. The summed E-state index contributed by atoms with van der Waals surface area (Å²) in [5.74, 6) is 0. The van der Waals surface area contributed by atoms with Crippen molar-refractivity contribution in [3.63, 3.8) is 0 Å². The molecule has 1 aliphatic heterocycles. The summed E-state index contributed by atoms with van der Waals surface area (Å²) < 4.78 is 5.26. The predicted octanol–water partition coefficient (Wildman–Crippen LogP) is 1.01. The average molecular weight is 243 g/mol. The molecule has 3 amide bonds. The topological polar surface area (TPSA) is 75.9 Å². The molecule has 6 heteroatoms. The Bertz CT molecular complexity index is 312. The Balaban J connectivity index is 2.50. The maximum Gasteiger partial charge on any atom is 0.410 e. The van der Waals surface area contributed by atoms with Crippen molar-refractivity contribution in [3.05, 3.63) is 0 Å². The van der Waals surface area contributed by atoms with Crippen LogP contribution in [0.1, 0.15) is 27.2 Å². The highest BCUT2D eigenvalue weighted by molar-refractivity contribution is 5.72. The van der Waals surface area contributed by atoms with E-state index in [2.05, 4.69) is 0 Å². The first kappa shape index (κ1) is 13.6. The number of ether oxygens (including phenoxy) is 1. The second-order valence-electron chi connectivity index (χ2n) is 5.32. The van der Waals surface area contributed by atoms with Crippen molar-refractivity contribution in [1.29, 1.82) is 0 Å². The first-order chi connectivity index (χ1) is 7.70. The number of likely N-dealkylation sites (tertiary alicyclic amines) is 1. The highest BCUT2D eigenvalue weighted by atomic mass is 16.6. The first-order valence-electron chi connectivity index (χ1n) is 5.71. The van der Waals surface area contributed by atoms with E-state index in [1.807, 2.05) is 20.8 Å². The number of hydrogen-bond acceptors (Lipinski definition) is 3. The molecule has 0 aliphatic carbocycles. The van der Waals surface area contributed by atoms with E-state index in [-0.39, 0.29) is 12.1 Å². The fourth-order valence-corrected chi connectivity index (χ4v) is 1.73. The molecule has 0 aromatic heterocycles. The molecule has 0 radical (unpaired) electrons. The van der Waals surface area contributed by atoms with Gasteiger partial charge < -0.3 is 20.3 Å².